The topological polar surface area (TPSA) is 83.6 Å². The van der Waals surface area contributed by atoms with Crippen LogP contribution in [0.15, 0.2) is 28.9 Å². The van der Waals surface area contributed by atoms with Crippen molar-refractivity contribution in [2.45, 2.75) is 6.92 Å². The molecule has 1 heterocycles. The lowest BCUT2D eigenvalue weighted by Gasteiger charge is -2.08. The fraction of sp³-hybridized carbons (Fsp3) is 0.188. The summed E-state index contributed by atoms with van der Waals surface area (Å²) in [6.45, 7) is 1.26. The van der Waals surface area contributed by atoms with Gasteiger partial charge in [-0.25, -0.2) is 9.18 Å². The highest BCUT2D eigenvalue weighted by atomic mass is 35.5. The van der Waals surface area contributed by atoms with Crippen LogP contribution in [0.25, 0.3) is 16.8 Å². The van der Waals surface area contributed by atoms with Crippen molar-refractivity contribution in [3.63, 3.8) is 0 Å². The third-order valence-corrected chi connectivity index (χ3v) is 3.43. The van der Waals surface area contributed by atoms with Crippen LogP contribution in [0.4, 0.5) is 4.39 Å². The second kappa shape index (κ2) is 6.84. The Bertz CT molecular complexity index is 822. The molecule has 1 aromatic heterocycles. The lowest BCUT2D eigenvalue weighted by molar-refractivity contribution is -0.111. The number of carbonyl (C=O) groups excluding carboxylic acids is 1. The standard InChI is InChI=1S/C16H14ClFN2O4/c1-8(21)9(7-20(2)3)15-13(16(22)23)14(19-24-15)12-10(17)5-4-6-11(12)18/h4-7H,1-3H3,(H,22,23). The zero-order chi connectivity index (χ0) is 18.0. The smallest absolute Gasteiger partial charge is 0.342 e. The molecule has 2 aromatic rings. The summed E-state index contributed by atoms with van der Waals surface area (Å²) in [5.74, 6) is -2.83. The molecule has 24 heavy (non-hydrogen) atoms. The van der Waals surface area contributed by atoms with E-state index in [2.05, 4.69) is 5.16 Å². The first kappa shape index (κ1) is 17.7. The largest absolute Gasteiger partial charge is 0.477 e. The molecule has 0 atom stereocenters. The number of aromatic nitrogens is 1. The number of benzene rings is 1. The second-order valence-corrected chi connectivity index (χ2v) is 5.61. The third-order valence-electron chi connectivity index (χ3n) is 3.12. The van der Waals surface area contributed by atoms with Crippen LogP contribution in [0.5, 0.6) is 0 Å². The van der Waals surface area contributed by atoms with E-state index >= 15 is 0 Å². The Balaban J connectivity index is 2.78. The number of hydrogen-bond donors (Lipinski definition) is 1. The van der Waals surface area contributed by atoms with Gasteiger partial charge >= 0.3 is 5.97 Å². The molecule has 2 rings (SSSR count). The Morgan fingerprint density at radius 3 is 2.54 bits per heavy atom. The number of halogens is 2. The number of carboxylic acids is 1. The minimum atomic E-state index is -1.41. The van der Waals surface area contributed by atoms with E-state index in [0.717, 1.165) is 6.07 Å². The number of aromatic carboxylic acids is 1. The van der Waals surface area contributed by atoms with Gasteiger partial charge in [0.05, 0.1) is 16.2 Å². The van der Waals surface area contributed by atoms with E-state index in [9.17, 15) is 19.1 Å². The van der Waals surface area contributed by atoms with Crippen LogP contribution in [0, 0.1) is 5.82 Å². The monoisotopic (exact) mass is 352 g/mol. The Hall–Kier alpha value is -2.67. The molecule has 0 saturated heterocycles. The van der Waals surface area contributed by atoms with Crippen LogP contribution in [-0.4, -0.2) is 41.0 Å². The van der Waals surface area contributed by atoms with Gasteiger partial charge in [0, 0.05) is 20.3 Å². The summed E-state index contributed by atoms with van der Waals surface area (Å²) in [4.78, 5) is 25.1. The van der Waals surface area contributed by atoms with Gasteiger partial charge in [0.25, 0.3) is 0 Å². The fourth-order valence-corrected chi connectivity index (χ4v) is 2.39. The summed E-state index contributed by atoms with van der Waals surface area (Å²) in [6, 6.07) is 3.92. The summed E-state index contributed by atoms with van der Waals surface area (Å²) < 4.78 is 19.2. The molecule has 1 N–H and O–H groups in total. The van der Waals surface area contributed by atoms with E-state index in [-0.39, 0.29) is 27.6 Å². The number of nitrogens with zero attached hydrogens (tertiary/aromatic N) is 2. The molecule has 0 bridgehead atoms. The number of Topliss-reactive ketones (excluding diaryl/α,β-unsaturated/α-hetero) is 1. The van der Waals surface area contributed by atoms with Crippen LogP contribution in [-0.2, 0) is 4.79 Å². The van der Waals surface area contributed by atoms with Crippen LogP contribution < -0.4 is 0 Å². The van der Waals surface area contributed by atoms with Gasteiger partial charge in [-0.05, 0) is 19.1 Å². The Labute approximate surface area is 142 Å². The number of carbonyl (C=O) groups is 2. The number of carboxylic acid groups (broad SMARTS) is 1. The van der Waals surface area contributed by atoms with Crippen molar-refractivity contribution in [3.8, 4) is 11.3 Å². The first-order valence-corrected chi connectivity index (χ1v) is 7.18. The molecule has 0 amide bonds. The molecule has 0 aliphatic rings. The molecule has 0 unspecified atom stereocenters. The van der Waals surface area contributed by atoms with Crippen LogP contribution >= 0.6 is 11.6 Å². The van der Waals surface area contributed by atoms with Gasteiger partial charge in [-0.2, -0.15) is 0 Å². The van der Waals surface area contributed by atoms with Crippen LogP contribution in [0.2, 0.25) is 5.02 Å². The van der Waals surface area contributed by atoms with Crippen molar-refractivity contribution < 1.29 is 23.6 Å². The summed E-state index contributed by atoms with van der Waals surface area (Å²) in [5, 5.41) is 13.2. The van der Waals surface area contributed by atoms with Gasteiger partial charge in [-0.1, -0.05) is 22.8 Å². The maximum atomic E-state index is 14.1. The highest BCUT2D eigenvalue weighted by molar-refractivity contribution is 6.33. The number of allylic oxidation sites excluding steroid dienone is 1. The van der Waals surface area contributed by atoms with Gasteiger partial charge in [-0.15, -0.1) is 0 Å². The molecule has 0 aliphatic carbocycles. The van der Waals surface area contributed by atoms with Crippen molar-refractivity contribution in [1.82, 2.24) is 10.1 Å². The van der Waals surface area contributed by atoms with Crippen molar-refractivity contribution in [2.75, 3.05) is 14.1 Å². The van der Waals surface area contributed by atoms with E-state index < -0.39 is 23.1 Å². The van der Waals surface area contributed by atoms with Crippen molar-refractivity contribution in [2.24, 2.45) is 0 Å². The molecule has 0 radical (unpaired) electrons. The SMILES string of the molecule is CC(=O)C(=CN(C)C)c1onc(-c2c(F)cccc2Cl)c1C(=O)O. The van der Waals surface area contributed by atoms with E-state index in [1.54, 1.807) is 19.0 Å². The van der Waals surface area contributed by atoms with E-state index in [4.69, 9.17) is 16.1 Å². The highest BCUT2D eigenvalue weighted by Crippen LogP contribution is 2.35. The van der Waals surface area contributed by atoms with Crippen LogP contribution in [0.1, 0.15) is 23.0 Å². The average Bonchev–Trinajstić information content (AvgIpc) is 2.88. The molecule has 6 nitrogen and oxygen atoms in total. The molecule has 126 valence electrons. The predicted molar refractivity (Wildman–Crippen MR) is 86.2 cm³/mol. The maximum Gasteiger partial charge on any atom is 0.342 e. The van der Waals surface area contributed by atoms with E-state index in [1.807, 2.05) is 0 Å². The molecular weight excluding hydrogens is 339 g/mol. The highest BCUT2D eigenvalue weighted by Gasteiger charge is 2.30. The third kappa shape index (κ3) is 3.30. The maximum absolute atomic E-state index is 14.1. The minimum absolute atomic E-state index is 0.00334. The normalized spacial score (nSPS) is 11.5. The molecule has 8 heteroatoms. The van der Waals surface area contributed by atoms with Gasteiger partial charge in [0.15, 0.2) is 11.5 Å². The lowest BCUT2D eigenvalue weighted by Crippen LogP contribution is -2.09. The van der Waals surface area contributed by atoms with Gasteiger partial charge in [0.1, 0.15) is 17.1 Å². The van der Waals surface area contributed by atoms with E-state index in [1.165, 1.54) is 25.3 Å². The molecule has 0 spiro atoms. The number of hydrogen-bond acceptors (Lipinski definition) is 5. The molecule has 1 aromatic carbocycles. The Kier molecular flexibility index (Phi) is 5.04. The second-order valence-electron chi connectivity index (χ2n) is 5.20. The first-order valence-electron chi connectivity index (χ1n) is 6.81. The zero-order valence-electron chi connectivity index (χ0n) is 13.1. The summed E-state index contributed by atoms with van der Waals surface area (Å²) >= 11 is 5.97. The summed E-state index contributed by atoms with van der Waals surface area (Å²) in [6.07, 6.45) is 1.40. The van der Waals surface area contributed by atoms with Crippen LogP contribution in [0.3, 0.4) is 0 Å². The van der Waals surface area contributed by atoms with Gasteiger partial charge in [-0.3, -0.25) is 4.79 Å². The zero-order valence-corrected chi connectivity index (χ0v) is 13.9. The average molecular weight is 353 g/mol. The molecule has 0 aliphatic heterocycles. The molecular formula is C16H14ClFN2O4. The fourth-order valence-electron chi connectivity index (χ4n) is 2.13. The van der Waals surface area contributed by atoms with Gasteiger partial charge in [0.2, 0.25) is 0 Å². The van der Waals surface area contributed by atoms with Crippen molar-refractivity contribution >= 4 is 28.9 Å². The quantitative estimate of drug-likeness (QED) is 0.831. The Morgan fingerprint density at radius 2 is 2.04 bits per heavy atom. The predicted octanol–water partition coefficient (Wildman–Crippen LogP) is 3.32. The number of ketones is 1. The lowest BCUT2D eigenvalue weighted by atomic mass is 10.0. The summed E-state index contributed by atoms with van der Waals surface area (Å²) in [7, 11) is 3.32. The van der Waals surface area contributed by atoms with Crippen molar-refractivity contribution in [1.29, 1.82) is 0 Å². The number of rotatable bonds is 5. The minimum Gasteiger partial charge on any atom is -0.477 e. The van der Waals surface area contributed by atoms with E-state index in [0.29, 0.717) is 0 Å². The first-order chi connectivity index (χ1) is 11.2. The van der Waals surface area contributed by atoms with Crippen molar-refractivity contribution in [3.05, 3.63) is 46.6 Å². The summed E-state index contributed by atoms with van der Waals surface area (Å²) in [5.41, 5.74) is -0.889. The molecule has 0 fully saturated rings. The van der Waals surface area contributed by atoms with Gasteiger partial charge < -0.3 is 14.5 Å². The molecule has 0 saturated carbocycles. The Morgan fingerprint density at radius 1 is 1.38 bits per heavy atom.